The van der Waals surface area contributed by atoms with E-state index in [4.69, 9.17) is 4.98 Å². The molecule has 1 aromatic heterocycles. The number of fused-ring (bicyclic) bond motifs is 1. The van der Waals surface area contributed by atoms with Crippen LogP contribution in [0.1, 0.15) is 38.3 Å². The minimum absolute atomic E-state index is 0.607. The summed E-state index contributed by atoms with van der Waals surface area (Å²) >= 11 is 0. The fourth-order valence-electron chi connectivity index (χ4n) is 3.10. The van der Waals surface area contributed by atoms with Crippen molar-refractivity contribution in [1.82, 2.24) is 10.3 Å². The third kappa shape index (κ3) is 2.95. The molecule has 0 aliphatic heterocycles. The van der Waals surface area contributed by atoms with Gasteiger partial charge in [-0.3, -0.25) is 4.98 Å². The first-order valence-corrected chi connectivity index (χ1v) is 7.41. The fraction of sp³-hybridized carbons (Fsp3) is 0.471. The molecule has 0 saturated heterocycles. The average Bonchev–Trinajstić information content (AvgIpc) is 2.99. The Bertz CT molecular complexity index is 544. The van der Waals surface area contributed by atoms with Gasteiger partial charge in [-0.15, -0.1) is 0 Å². The van der Waals surface area contributed by atoms with Crippen LogP contribution in [0.3, 0.4) is 0 Å². The SMILES string of the molecule is CC(NCc1ccc2ccccc2n1)C1CCCC1. The van der Waals surface area contributed by atoms with Gasteiger partial charge in [-0.05, 0) is 37.8 Å². The Morgan fingerprint density at radius 3 is 2.79 bits per heavy atom. The molecule has 1 heterocycles. The van der Waals surface area contributed by atoms with E-state index in [0.29, 0.717) is 6.04 Å². The molecule has 1 saturated carbocycles. The smallest absolute Gasteiger partial charge is 0.0705 e. The van der Waals surface area contributed by atoms with Crippen LogP contribution in [-0.2, 0) is 6.54 Å². The third-order valence-electron chi connectivity index (χ3n) is 4.37. The number of para-hydroxylation sites is 1. The van der Waals surface area contributed by atoms with Gasteiger partial charge in [-0.2, -0.15) is 0 Å². The Morgan fingerprint density at radius 2 is 1.95 bits per heavy atom. The zero-order valence-corrected chi connectivity index (χ0v) is 11.6. The Kier molecular flexibility index (Phi) is 3.79. The van der Waals surface area contributed by atoms with E-state index in [9.17, 15) is 0 Å². The van der Waals surface area contributed by atoms with Gasteiger partial charge in [0.2, 0.25) is 0 Å². The highest BCUT2D eigenvalue weighted by atomic mass is 14.9. The molecule has 3 rings (SSSR count). The van der Waals surface area contributed by atoms with E-state index in [1.165, 1.54) is 31.1 Å². The minimum atomic E-state index is 0.607. The lowest BCUT2D eigenvalue weighted by Gasteiger charge is -2.20. The first kappa shape index (κ1) is 12.6. The molecule has 1 unspecified atom stereocenters. The zero-order valence-electron chi connectivity index (χ0n) is 11.6. The van der Waals surface area contributed by atoms with Crippen molar-refractivity contribution in [2.24, 2.45) is 5.92 Å². The number of nitrogens with one attached hydrogen (secondary N) is 1. The van der Waals surface area contributed by atoms with Crippen LogP contribution in [0.2, 0.25) is 0 Å². The highest BCUT2D eigenvalue weighted by Gasteiger charge is 2.20. The lowest BCUT2D eigenvalue weighted by atomic mass is 10.00. The standard InChI is InChI=1S/C17H22N2/c1-13(14-6-2-3-7-14)18-12-16-11-10-15-8-4-5-9-17(15)19-16/h4-5,8-11,13-14,18H,2-3,6-7,12H2,1H3. The lowest BCUT2D eigenvalue weighted by molar-refractivity contribution is 0.379. The Labute approximate surface area is 115 Å². The van der Waals surface area contributed by atoms with Gasteiger partial charge in [0.25, 0.3) is 0 Å². The maximum atomic E-state index is 4.71. The van der Waals surface area contributed by atoms with Gasteiger partial charge in [0, 0.05) is 18.0 Å². The molecule has 0 spiro atoms. The number of pyridine rings is 1. The van der Waals surface area contributed by atoms with Gasteiger partial charge in [0.15, 0.2) is 0 Å². The van der Waals surface area contributed by atoms with E-state index in [1.807, 2.05) is 6.07 Å². The molecular formula is C17H22N2. The quantitative estimate of drug-likeness (QED) is 0.895. The number of aromatic nitrogens is 1. The third-order valence-corrected chi connectivity index (χ3v) is 4.37. The molecule has 1 aromatic carbocycles. The molecule has 2 aromatic rings. The van der Waals surface area contributed by atoms with Crippen LogP contribution in [0.4, 0.5) is 0 Å². The normalized spacial score (nSPS) is 17.9. The summed E-state index contributed by atoms with van der Waals surface area (Å²) in [6.07, 6.45) is 5.59. The number of hydrogen-bond donors (Lipinski definition) is 1. The second-order valence-electron chi connectivity index (χ2n) is 5.71. The largest absolute Gasteiger partial charge is 0.308 e. The first-order chi connectivity index (χ1) is 9.33. The highest BCUT2D eigenvalue weighted by Crippen LogP contribution is 2.27. The van der Waals surface area contributed by atoms with Crippen LogP contribution in [0.25, 0.3) is 10.9 Å². The van der Waals surface area contributed by atoms with Gasteiger partial charge >= 0.3 is 0 Å². The molecule has 2 heteroatoms. The summed E-state index contributed by atoms with van der Waals surface area (Å²) < 4.78 is 0. The number of rotatable bonds is 4. The van der Waals surface area contributed by atoms with E-state index >= 15 is 0 Å². The molecule has 1 atom stereocenters. The summed E-state index contributed by atoms with van der Waals surface area (Å²) in [4.78, 5) is 4.71. The summed E-state index contributed by atoms with van der Waals surface area (Å²) in [6, 6.07) is 13.2. The topological polar surface area (TPSA) is 24.9 Å². The summed E-state index contributed by atoms with van der Waals surface area (Å²) in [5, 5.41) is 4.86. The number of benzene rings is 1. The average molecular weight is 254 g/mol. The summed E-state index contributed by atoms with van der Waals surface area (Å²) in [7, 11) is 0. The van der Waals surface area contributed by atoms with Crippen LogP contribution >= 0.6 is 0 Å². The number of nitrogens with zero attached hydrogens (tertiary/aromatic N) is 1. The highest BCUT2D eigenvalue weighted by molar-refractivity contribution is 5.78. The summed E-state index contributed by atoms with van der Waals surface area (Å²) in [5.74, 6) is 0.862. The van der Waals surface area contributed by atoms with Crippen molar-refractivity contribution in [3.63, 3.8) is 0 Å². The molecule has 1 fully saturated rings. The van der Waals surface area contributed by atoms with Gasteiger partial charge in [-0.25, -0.2) is 0 Å². The van der Waals surface area contributed by atoms with Crippen LogP contribution in [0.5, 0.6) is 0 Å². The predicted octanol–water partition coefficient (Wildman–Crippen LogP) is 3.90. The molecule has 0 radical (unpaired) electrons. The minimum Gasteiger partial charge on any atom is -0.308 e. The van der Waals surface area contributed by atoms with Crippen molar-refractivity contribution in [2.75, 3.05) is 0 Å². The first-order valence-electron chi connectivity index (χ1n) is 7.41. The van der Waals surface area contributed by atoms with Crippen molar-refractivity contribution >= 4 is 10.9 Å². The van der Waals surface area contributed by atoms with Crippen molar-refractivity contribution < 1.29 is 0 Å². The summed E-state index contributed by atoms with van der Waals surface area (Å²) in [6.45, 7) is 3.19. The van der Waals surface area contributed by atoms with Gasteiger partial charge in [-0.1, -0.05) is 37.1 Å². The molecule has 2 nitrogen and oxygen atoms in total. The van der Waals surface area contributed by atoms with Crippen molar-refractivity contribution in [3.8, 4) is 0 Å². The van der Waals surface area contributed by atoms with E-state index < -0.39 is 0 Å². The van der Waals surface area contributed by atoms with E-state index in [2.05, 4.69) is 42.6 Å². The van der Waals surface area contributed by atoms with Crippen LogP contribution in [0, 0.1) is 5.92 Å². The molecule has 0 bridgehead atoms. The second kappa shape index (κ2) is 5.70. The molecule has 1 aliphatic carbocycles. The Balaban J connectivity index is 1.64. The molecule has 1 N–H and O–H groups in total. The van der Waals surface area contributed by atoms with Crippen molar-refractivity contribution in [1.29, 1.82) is 0 Å². The summed E-state index contributed by atoms with van der Waals surface area (Å²) in [5.41, 5.74) is 2.24. The van der Waals surface area contributed by atoms with Gasteiger partial charge < -0.3 is 5.32 Å². The monoisotopic (exact) mass is 254 g/mol. The molecular weight excluding hydrogens is 232 g/mol. The van der Waals surface area contributed by atoms with Crippen LogP contribution < -0.4 is 5.32 Å². The van der Waals surface area contributed by atoms with Crippen LogP contribution in [0.15, 0.2) is 36.4 Å². The van der Waals surface area contributed by atoms with Crippen LogP contribution in [-0.4, -0.2) is 11.0 Å². The lowest BCUT2D eigenvalue weighted by Crippen LogP contribution is -2.31. The fourth-order valence-corrected chi connectivity index (χ4v) is 3.10. The Morgan fingerprint density at radius 1 is 1.16 bits per heavy atom. The van der Waals surface area contributed by atoms with E-state index in [-0.39, 0.29) is 0 Å². The van der Waals surface area contributed by atoms with E-state index in [0.717, 1.165) is 23.7 Å². The zero-order chi connectivity index (χ0) is 13.1. The van der Waals surface area contributed by atoms with Crippen molar-refractivity contribution in [2.45, 2.75) is 45.2 Å². The van der Waals surface area contributed by atoms with Crippen molar-refractivity contribution in [3.05, 3.63) is 42.1 Å². The second-order valence-corrected chi connectivity index (χ2v) is 5.71. The Hall–Kier alpha value is -1.41. The van der Waals surface area contributed by atoms with E-state index in [1.54, 1.807) is 0 Å². The molecule has 100 valence electrons. The maximum absolute atomic E-state index is 4.71. The molecule has 1 aliphatic rings. The molecule has 0 amide bonds. The maximum Gasteiger partial charge on any atom is 0.0705 e. The predicted molar refractivity (Wildman–Crippen MR) is 80.0 cm³/mol. The number of hydrogen-bond acceptors (Lipinski definition) is 2. The van der Waals surface area contributed by atoms with Gasteiger partial charge in [0.05, 0.1) is 11.2 Å². The molecule has 19 heavy (non-hydrogen) atoms. The van der Waals surface area contributed by atoms with Gasteiger partial charge in [0.1, 0.15) is 0 Å².